The minimum atomic E-state index is -0.330. The Morgan fingerprint density at radius 3 is 2.77 bits per heavy atom. The van der Waals surface area contributed by atoms with Crippen molar-refractivity contribution in [2.24, 2.45) is 34.5 Å². The average molecular weight is 412 g/mol. The first-order valence-corrected chi connectivity index (χ1v) is 11.6. The first kappa shape index (κ1) is 20.2. The Balaban J connectivity index is 1.42. The van der Waals surface area contributed by atoms with Gasteiger partial charge in [-0.3, -0.25) is 4.79 Å². The number of aliphatic hydroxyl groups is 1. The maximum atomic E-state index is 13.7. The largest absolute Gasteiger partial charge is 0.392 e. The van der Waals surface area contributed by atoms with Crippen molar-refractivity contribution in [3.8, 4) is 0 Å². The zero-order valence-corrected chi connectivity index (χ0v) is 18.4. The SMILES string of the molecule is CN1C(=O)C=C[C@]2(C)C3CC[C@@]4(C)[C@@H](C[C@@H](Cc5cccc(F)c5)[C@@H]4O)C3CC[C@@H]12. The van der Waals surface area contributed by atoms with Crippen LogP contribution in [-0.4, -0.2) is 35.1 Å². The smallest absolute Gasteiger partial charge is 0.246 e. The van der Waals surface area contributed by atoms with E-state index < -0.39 is 0 Å². The van der Waals surface area contributed by atoms with Crippen molar-refractivity contribution in [2.45, 2.75) is 64.5 Å². The summed E-state index contributed by atoms with van der Waals surface area (Å²) in [5.74, 6) is 1.77. The molecule has 1 N–H and O–H groups in total. The molecule has 4 aliphatic rings. The van der Waals surface area contributed by atoms with E-state index in [-0.39, 0.29) is 40.6 Å². The number of fused-ring (bicyclic) bond motifs is 5. The van der Waals surface area contributed by atoms with Gasteiger partial charge in [0.15, 0.2) is 0 Å². The fraction of sp³-hybridized carbons (Fsp3) is 0.654. The maximum Gasteiger partial charge on any atom is 0.246 e. The summed E-state index contributed by atoms with van der Waals surface area (Å²) in [6.07, 6.45) is 9.75. The number of benzene rings is 1. The standard InChI is InChI=1S/C26H34FNO2/c1-25-12-10-23(29)28(3)22(25)8-7-19-20(25)9-11-26(2)21(19)15-17(24(26)30)13-16-5-4-6-18(27)14-16/h4-6,10,12,14,17,19-22,24,30H,7-9,11,13,15H2,1-3H3/t17-,19?,20?,21+,22-,24+,25-,26+/m1/s1. The van der Waals surface area contributed by atoms with E-state index in [1.54, 1.807) is 18.2 Å². The van der Waals surface area contributed by atoms with Crippen LogP contribution in [0.15, 0.2) is 36.4 Å². The van der Waals surface area contributed by atoms with Crippen LogP contribution in [0.25, 0.3) is 0 Å². The molecule has 3 saturated carbocycles. The molecule has 0 aromatic heterocycles. The van der Waals surface area contributed by atoms with Crippen molar-refractivity contribution < 1.29 is 14.3 Å². The van der Waals surface area contributed by atoms with Gasteiger partial charge in [0.25, 0.3) is 0 Å². The fourth-order valence-electron chi connectivity index (χ4n) is 8.05. The zero-order valence-electron chi connectivity index (χ0n) is 18.4. The van der Waals surface area contributed by atoms with Gasteiger partial charge in [0.05, 0.1) is 6.10 Å². The number of amides is 1. The summed E-state index contributed by atoms with van der Waals surface area (Å²) in [5.41, 5.74) is 0.963. The highest BCUT2D eigenvalue weighted by Gasteiger charge is 2.62. The summed E-state index contributed by atoms with van der Waals surface area (Å²) in [5, 5.41) is 11.4. The molecule has 3 aliphatic carbocycles. The van der Waals surface area contributed by atoms with Crippen LogP contribution in [0.1, 0.15) is 51.5 Å². The average Bonchev–Trinajstić information content (AvgIpc) is 2.96. The van der Waals surface area contributed by atoms with E-state index in [4.69, 9.17) is 0 Å². The second-order valence-electron chi connectivity index (χ2n) is 10.9. The molecule has 1 aliphatic heterocycles. The lowest BCUT2D eigenvalue weighted by molar-refractivity contribution is -0.140. The van der Waals surface area contributed by atoms with E-state index in [2.05, 4.69) is 19.9 Å². The van der Waals surface area contributed by atoms with Crippen LogP contribution in [0.4, 0.5) is 4.39 Å². The maximum absolute atomic E-state index is 13.7. The lowest BCUT2D eigenvalue weighted by Gasteiger charge is -2.60. The van der Waals surface area contributed by atoms with Crippen molar-refractivity contribution in [3.05, 3.63) is 47.8 Å². The quantitative estimate of drug-likeness (QED) is 0.773. The topological polar surface area (TPSA) is 40.5 Å². The highest BCUT2D eigenvalue weighted by molar-refractivity contribution is 5.89. The van der Waals surface area contributed by atoms with Crippen LogP contribution in [0.5, 0.6) is 0 Å². The Hall–Kier alpha value is -1.68. The second-order valence-corrected chi connectivity index (χ2v) is 10.9. The molecule has 8 atom stereocenters. The molecular weight excluding hydrogens is 377 g/mol. The number of carbonyl (C=O) groups is 1. The number of hydrogen-bond acceptors (Lipinski definition) is 2. The van der Waals surface area contributed by atoms with Crippen LogP contribution in [0.3, 0.4) is 0 Å². The van der Waals surface area contributed by atoms with Crippen LogP contribution >= 0.6 is 0 Å². The molecule has 4 heteroatoms. The number of hydrogen-bond donors (Lipinski definition) is 1. The molecule has 5 rings (SSSR count). The van der Waals surface area contributed by atoms with E-state index >= 15 is 0 Å². The van der Waals surface area contributed by atoms with E-state index in [0.717, 1.165) is 44.1 Å². The van der Waals surface area contributed by atoms with Crippen molar-refractivity contribution >= 4 is 5.91 Å². The van der Waals surface area contributed by atoms with Crippen molar-refractivity contribution in [1.29, 1.82) is 0 Å². The third-order valence-electron chi connectivity index (χ3n) is 9.63. The minimum absolute atomic E-state index is 0.0263. The fourth-order valence-corrected chi connectivity index (χ4v) is 8.05. The molecule has 1 aromatic carbocycles. The number of aliphatic hydroxyl groups excluding tert-OH is 1. The second kappa shape index (κ2) is 6.91. The van der Waals surface area contributed by atoms with Gasteiger partial charge in [0.1, 0.15) is 5.82 Å². The van der Waals surface area contributed by atoms with Crippen LogP contribution < -0.4 is 0 Å². The van der Waals surface area contributed by atoms with Gasteiger partial charge in [0.2, 0.25) is 5.91 Å². The zero-order chi connectivity index (χ0) is 21.3. The predicted octanol–water partition coefficient (Wildman–Crippen LogP) is 4.59. The number of halogens is 1. The summed E-state index contributed by atoms with van der Waals surface area (Å²) in [6, 6.07) is 7.14. The summed E-state index contributed by atoms with van der Waals surface area (Å²) in [7, 11) is 1.95. The van der Waals surface area contributed by atoms with Crippen LogP contribution in [-0.2, 0) is 11.2 Å². The van der Waals surface area contributed by atoms with Crippen LogP contribution in [0, 0.1) is 40.3 Å². The Kier molecular flexibility index (Phi) is 4.66. The Bertz CT molecular complexity index is 884. The van der Waals surface area contributed by atoms with Crippen molar-refractivity contribution in [2.75, 3.05) is 7.05 Å². The highest BCUT2D eigenvalue weighted by Crippen LogP contribution is 2.65. The molecule has 2 unspecified atom stereocenters. The van der Waals surface area contributed by atoms with Gasteiger partial charge in [-0.05, 0) is 91.4 Å². The van der Waals surface area contributed by atoms with Crippen molar-refractivity contribution in [1.82, 2.24) is 4.90 Å². The Morgan fingerprint density at radius 2 is 2.00 bits per heavy atom. The molecule has 162 valence electrons. The van der Waals surface area contributed by atoms with Crippen molar-refractivity contribution in [3.63, 3.8) is 0 Å². The molecule has 1 amide bonds. The van der Waals surface area contributed by atoms with Crippen LogP contribution in [0.2, 0.25) is 0 Å². The van der Waals surface area contributed by atoms with E-state index in [1.165, 1.54) is 6.07 Å². The normalized spacial score (nSPS) is 45.1. The first-order chi connectivity index (χ1) is 14.2. The van der Waals surface area contributed by atoms with Gasteiger partial charge in [-0.2, -0.15) is 0 Å². The molecule has 0 radical (unpaired) electrons. The lowest BCUT2D eigenvalue weighted by Crippen LogP contribution is -2.59. The highest BCUT2D eigenvalue weighted by atomic mass is 19.1. The van der Waals surface area contributed by atoms with Gasteiger partial charge in [-0.1, -0.05) is 32.1 Å². The summed E-state index contributed by atoms with van der Waals surface area (Å²) < 4.78 is 13.7. The predicted molar refractivity (Wildman–Crippen MR) is 115 cm³/mol. The van der Waals surface area contributed by atoms with Gasteiger partial charge < -0.3 is 10.0 Å². The lowest BCUT2D eigenvalue weighted by atomic mass is 9.48. The molecule has 30 heavy (non-hydrogen) atoms. The summed E-state index contributed by atoms with van der Waals surface area (Å²) in [6.45, 7) is 4.65. The van der Waals surface area contributed by atoms with Gasteiger partial charge in [0, 0.05) is 18.5 Å². The molecule has 0 spiro atoms. The molecule has 3 fully saturated rings. The molecule has 0 bridgehead atoms. The van der Waals surface area contributed by atoms with Gasteiger partial charge in [-0.25, -0.2) is 4.39 Å². The molecular formula is C26H34FNO2. The summed E-state index contributed by atoms with van der Waals surface area (Å²) in [4.78, 5) is 14.2. The number of rotatable bonds is 2. The van der Waals surface area contributed by atoms with Gasteiger partial charge >= 0.3 is 0 Å². The van der Waals surface area contributed by atoms with E-state index in [1.807, 2.05) is 18.0 Å². The van der Waals surface area contributed by atoms with Gasteiger partial charge in [-0.15, -0.1) is 0 Å². The third kappa shape index (κ3) is 2.82. The van der Waals surface area contributed by atoms with E-state index in [0.29, 0.717) is 17.8 Å². The molecule has 1 heterocycles. The number of nitrogens with zero attached hydrogens (tertiary/aromatic N) is 1. The Labute approximate surface area is 179 Å². The van der Waals surface area contributed by atoms with E-state index in [9.17, 15) is 14.3 Å². The number of carbonyl (C=O) groups excluding carboxylic acids is 1. The third-order valence-corrected chi connectivity index (χ3v) is 9.63. The minimum Gasteiger partial charge on any atom is -0.392 e. The molecule has 0 saturated heterocycles. The summed E-state index contributed by atoms with van der Waals surface area (Å²) >= 11 is 0. The molecule has 3 nitrogen and oxygen atoms in total. The monoisotopic (exact) mass is 411 g/mol. The first-order valence-electron chi connectivity index (χ1n) is 11.6. The Morgan fingerprint density at radius 1 is 1.20 bits per heavy atom. The number of likely N-dealkylation sites (N-methyl/N-ethyl adjacent to an activating group) is 1. The molecule has 1 aromatic rings.